The molecule has 0 aliphatic rings. The molecule has 0 bridgehead atoms. The average Bonchev–Trinajstić information content (AvgIpc) is 2.34. The van der Waals surface area contributed by atoms with Gasteiger partial charge in [0.05, 0.1) is 6.10 Å². The van der Waals surface area contributed by atoms with Crippen LogP contribution in [-0.2, 0) is 14.3 Å². The van der Waals surface area contributed by atoms with Gasteiger partial charge < -0.3 is 14.6 Å². The molecule has 6 nitrogen and oxygen atoms in total. The molecule has 0 aliphatic heterocycles. The van der Waals surface area contributed by atoms with Crippen LogP contribution in [0.4, 0.5) is 4.79 Å². The molecule has 0 aromatic heterocycles. The molecule has 21 heavy (non-hydrogen) atoms. The first kappa shape index (κ1) is 19.7. The quantitative estimate of drug-likeness (QED) is 0.782. The topological polar surface area (TPSA) is 76.1 Å². The Labute approximate surface area is 127 Å². The van der Waals surface area contributed by atoms with E-state index in [0.29, 0.717) is 12.3 Å². The first-order valence-electron chi connectivity index (χ1n) is 7.24. The van der Waals surface area contributed by atoms with Gasteiger partial charge in [0.25, 0.3) is 0 Å². The SMILES string of the molecule is CCC(C)CC(OC)C(C(=O)O)N(C)C(=O)OC(C)(C)C. The van der Waals surface area contributed by atoms with Gasteiger partial charge in [0.15, 0.2) is 6.04 Å². The number of carbonyl (C=O) groups is 2. The van der Waals surface area contributed by atoms with Gasteiger partial charge in [-0.15, -0.1) is 0 Å². The van der Waals surface area contributed by atoms with Crippen LogP contribution in [0, 0.1) is 5.92 Å². The normalized spacial score (nSPS) is 16.0. The van der Waals surface area contributed by atoms with Crippen molar-refractivity contribution in [2.45, 2.75) is 65.2 Å². The van der Waals surface area contributed by atoms with Crippen molar-refractivity contribution >= 4 is 12.1 Å². The highest BCUT2D eigenvalue weighted by molar-refractivity contribution is 5.80. The number of aliphatic carboxylic acids is 1. The minimum absolute atomic E-state index is 0.309. The van der Waals surface area contributed by atoms with Crippen molar-refractivity contribution in [3.63, 3.8) is 0 Å². The molecule has 0 aliphatic carbocycles. The Morgan fingerprint density at radius 2 is 1.81 bits per heavy atom. The van der Waals surface area contributed by atoms with Crippen LogP contribution in [0.5, 0.6) is 0 Å². The third kappa shape index (κ3) is 6.80. The van der Waals surface area contributed by atoms with Gasteiger partial charge in [0.1, 0.15) is 5.60 Å². The zero-order chi connectivity index (χ0) is 16.8. The number of carbonyl (C=O) groups excluding carboxylic acids is 1. The third-order valence-corrected chi connectivity index (χ3v) is 3.34. The van der Waals surface area contributed by atoms with Crippen LogP contribution in [0.25, 0.3) is 0 Å². The van der Waals surface area contributed by atoms with Crippen molar-refractivity contribution < 1.29 is 24.2 Å². The Bertz CT molecular complexity index is 350. The smallest absolute Gasteiger partial charge is 0.410 e. The van der Waals surface area contributed by atoms with Crippen LogP contribution in [0.3, 0.4) is 0 Å². The lowest BCUT2D eigenvalue weighted by Gasteiger charge is -2.33. The molecule has 0 aromatic rings. The molecule has 3 unspecified atom stereocenters. The Morgan fingerprint density at radius 3 is 2.14 bits per heavy atom. The molecule has 0 saturated heterocycles. The molecule has 3 atom stereocenters. The van der Waals surface area contributed by atoms with Crippen LogP contribution < -0.4 is 0 Å². The second-order valence-electron chi connectivity index (χ2n) is 6.40. The number of hydrogen-bond donors (Lipinski definition) is 1. The maximum Gasteiger partial charge on any atom is 0.410 e. The van der Waals surface area contributed by atoms with E-state index in [0.717, 1.165) is 11.3 Å². The Hall–Kier alpha value is -1.30. The first-order chi connectivity index (χ1) is 9.53. The highest BCUT2D eigenvalue weighted by Crippen LogP contribution is 2.20. The number of carboxylic acids is 1. The van der Waals surface area contributed by atoms with E-state index >= 15 is 0 Å². The van der Waals surface area contributed by atoms with Crippen molar-refractivity contribution in [3.05, 3.63) is 0 Å². The van der Waals surface area contributed by atoms with Crippen LogP contribution in [-0.4, -0.2) is 54.0 Å². The minimum atomic E-state index is -1.10. The molecule has 6 heteroatoms. The van der Waals surface area contributed by atoms with Crippen molar-refractivity contribution in [2.75, 3.05) is 14.2 Å². The van der Waals surface area contributed by atoms with E-state index in [9.17, 15) is 14.7 Å². The number of methoxy groups -OCH3 is 1. The number of carboxylic acid groups (broad SMARTS) is 1. The maximum absolute atomic E-state index is 12.1. The monoisotopic (exact) mass is 303 g/mol. The molecule has 124 valence electrons. The fraction of sp³-hybridized carbons (Fsp3) is 0.867. The summed E-state index contributed by atoms with van der Waals surface area (Å²) in [6.07, 6.45) is 0.246. The van der Waals surface area contributed by atoms with Gasteiger partial charge in [-0.2, -0.15) is 0 Å². The van der Waals surface area contributed by atoms with Crippen LogP contribution >= 0.6 is 0 Å². The molecular weight excluding hydrogens is 274 g/mol. The number of nitrogens with zero attached hydrogens (tertiary/aromatic N) is 1. The number of amides is 1. The molecule has 0 rings (SSSR count). The average molecular weight is 303 g/mol. The number of likely N-dealkylation sites (N-methyl/N-ethyl adjacent to an activating group) is 1. The summed E-state index contributed by atoms with van der Waals surface area (Å²) in [5, 5.41) is 9.45. The van der Waals surface area contributed by atoms with Crippen molar-refractivity contribution in [1.82, 2.24) is 4.90 Å². The van der Waals surface area contributed by atoms with E-state index in [2.05, 4.69) is 0 Å². The lowest BCUT2D eigenvalue weighted by Crippen LogP contribution is -2.52. The Morgan fingerprint density at radius 1 is 1.29 bits per heavy atom. The molecular formula is C15H29NO5. The first-order valence-corrected chi connectivity index (χ1v) is 7.24. The van der Waals surface area contributed by atoms with E-state index in [1.54, 1.807) is 20.8 Å². The van der Waals surface area contributed by atoms with E-state index in [4.69, 9.17) is 9.47 Å². The second-order valence-corrected chi connectivity index (χ2v) is 6.40. The molecule has 1 amide bonds. The molecule has 0 fully saturated rings. The summed E-state index contributed by atoms with van der Waals surface area (Å²) in [5.41, 5.74) is -0.673. The predicted molar refractivity (Wildman–Crippen MR) is 80.3 cm³/mol. The molecule has 0 aromatic carbocycles. The van der Waals surface area contributed by atoms with E-state index < -0.39 is 29.8 Å². The van der Waals surface area contributed by atoms with E-state index in [1.807, 2.05) is 13.8 Å². The molecule has 1 N–H and O–H groups in total. The van der Waals surface area contributed by atoms with Gasteiger partial charge in [0.2, 0.25) is 0 Å². The number of rotatable bonds is 7. The number of hydrogen-bond acceptors (Lipinski definition) is 4. The summed E-state index contributed by atoms with van der Waals surface area (Å²) in [5.74, 6) is -0.789. The van der Waals surface area contributed by atoms with E-state index in [1.165, 1.54) is 14.2 Å². The third-order valence-electron chi connectivity index (χ3n) is 3.34. The lowest BCUT2D eigenvalue weighted by molar-refractivity contribution is -0.148. The highest BCUT2D eigenvalue weighted by Gasteiger charge is 2.37. The highest BCUT2D eigenvalue weighted by atomic mass is 16.6. The molecule has 0 spiro atoms. The molecule has 0 saturated carbocycles. The van der Waals surface area contributed by atoms with Crippen molar-refractivity contribution in [2.24, 2.45) is 5.92 Å². The minimum Gasteiger partial charge on any atom is -0.480 e. The summed E-state index contributed by atoms with van der Waals surface area (Å²) in [6.45, 7) is 9.27. The fourth-order valence-electron chi connectivity index (χ4n) is 1.94. The van der Waals surface area contributed by atoms with Crippen LogP contribution in [0.15, 0.2) is 0 Å². The Balaban J connectivity index is 5.09. The second kappa shape index (κ2) is 8.22. The van der Waals surface area contributed by atoms with Gasteiger partial charge in [-0.1, -0.05) is 20.3 Å². The van der Waals surface area contributed by atoms with Crippen molar-refractivity contribution in [1.29, 1.82) is 0 Å². The predicted octanol–water partition coefficient (Wildman–Crippen LogP) is 2.76. The number of ether oxygens (including phenoxy) is 2. The zero-order valence-electron chi connectivity index (χ0n) is 14.2. The summed E-state index contributed by atoms with van der Waals surface area (Å²) >= 11 is 0. The lowest BCUT2D eigenvalue weighted by atomic mass is 9.96. The van der Waals surface area contributed by atoms with Crippen LogP contribution in [0.2, 0.25) is 0 Å². The summed E-state index contributed by atoms with van der Waals surface area (Å²) in [4.78, 5) is 24.7. The van der Waals surface area contributed by atoms with E-state index in [-0.39, 0.29) is 0 Å². The standard InChI is InChI=1S/C15H29NO5/c1-8-10(2)9-11(20-7)12(13(17)18)16(6)14(19)21-15(3,4)5/h10-12H,8-9H2,1-7H3,(H,17,18). The van der Waals surface area contributed by atoms with Gasteiger partial charge in [0, 0.05) is 14.2 Å². The van der Waals surface area contributed by atoms with Gasteiger partial charge >= 0.3 is 12.1 Å². The van der Waals surface area contributed by atoms with Gasteiger partial charge in [-0.25, -0.2) is 9.59 Å². The maximum atomic E-state index is 12.1. The fourth-order valence-corrected chi connectivity index (χ4v) is 1.94. The molecule has 0 heterocycles. The zero-order valence-corrected chi connectivity index (χ0v) is 14.2. The van der Waals surface area contributed by atoms with Crippen molar-refractivity contribution in [3.8, 4) is 0 Å². The van der Waals surface area contributed by atoms with Crippen LogP contribution in [0.1, 0.15) is 47.5 Å². The summed E-state index contributed by atoms with van der Waals surface area (Å²) in [6, 6.07) is -1.07. The Kier molecular flexibility index (Phi) is 7.71. The largest absolute Gasteiger partial charge is 0.480 e. The summed E-state index contributed by atoms with van der Waals surface area (Å²) < 4.78 is 10.5. The van der Waals surface area contributed by atoms with Gasteiger partial charge in [-0.05, 0) is 33.1 Å². The molecule has 0 radical (unpaired) electrons. The summed E-state index contributed by atoms with van der Waals surface area (Å²) in [7, 11) is 2.89. The van der Waals surface area contributed by atoms with Gasteiger partial charge in [-0.3, -0.25) is 4.90 Å².